The number of carbonyl (C=O) groups is 1. The SMILES string of the molecule is CC(C)(C)OC(=O)N1CCC(C#N)(Cc2cccc(Br)c2)CC1. The fourth-order valence-corrected chi connectivity index (χ4v) is 3.26. The first-order chi connectivity index (χ1) is 10.7. The smallest absolute Gasteiger partial charge is 0.410 e. The molecule has 0 atom stereocenters. The van der Waals surface area contributed by atoms with Crippen LogP contribution >= 0.6 is 15.9 Å². The Morgan fingerprint density at radius 3 is 2.57 bits per heavy atom. The van der Waals surface area contributed by atoms with Crippen molar-refractivity contribution in [1.29, 1.82) is 5.26 Å². The lowest BCUT2D eigenvalue weighted by Gasteiger charge is -2.38. The molecule has 0 N–H and O–H groups in total. The van der Waals surface area contributed by atoms with Crippen molar-refractivity contribution in [3.8, 4) is 6.07 Å². The highest BCUT2D eigenvalue weighted by molar-refractivity contribution is 9.10. The van der Waals surface area contributed by atoms with Crippen molar-refractivity contribution in [2.45, 2.75) is 45.6 Å². The van der Waals surface area contributed by atoms with Crippen LogP contribution in [0.4, 0.5) is 4.79 Å². The van der Waals surface area contributed by atoms with Crippen molar-refractivity contribution in [3.05, 3.63) is 34.3 Å². The molecule has 0 aromatic heterocycles. The minimum absolute atomic E-state index is 0.286. The highest BCUT2D eigenvalue weighted by Crippen LogP contribution is 2.35. The molecule has 1 aliphatic rings. The van der Waals surface area contributed by atoms with Gasteiger partial charge in [-0.05, 0) is 57.7 Å². The van der Waals surface area contributed by atoms with E-state index in [1.54, 1.807) is 4.90 Å². The second-order valence-electron chi connectivity index (χ2n) is 7.17. The van der Waals surface area contributed by atoms with Crippen molar-refractivity contribution in [3.63, 3.8) is 0 Å². The zero-order valence-corrected chi connectivity index (χ0v) is 15.5. The molecule has 124 valence electrons. The van der Waals surface area contributed by atoms with E-state index in [0.29, 0.717) is 32.4 Å². The first kappa shape index (κ1) is 17.8. The van der Waals surface area contributed by atoms with Gasteiger partial charge in [0.25, 0.3) is 0 Å². The molecule has 1 amide bonds. The third-order valence-electron chi connectivity index (χ3n) is 4.04. The molecule has 0 spiro atoms. The molecule has 0 saturated carbocycles. The van der Waals surface area contributed by atoms with Gasteiger partial charge < -0.3 is 9.64 Å². The molecule has 0 radical (unpaired) electrons. The number of amides is 1. The van der Waals surface area contributed by atoms with Crippen molar-refractivity contribution < 1.29 is 9.53 Å². The van der Waals surface area contributed by atoms with Crippen LogP contribution in [0.1, 0.15) is 39.2 Å². The van der Waals surface area contributed by atoms with Crippen LogP contribution in [0.2, 0.25) is 0 Å². The third-order valence-corrected chi connectivity index (χ3v) is 4.53. The van der Waals surface area contributed by atoms with Crippen LogP contribution in [0.25, 0.3) is 0 Å². The van der Waals surface area contributed by atoms with Crippen LogP contribution < -0.4 is 0 Å². The van der Waals surface area contributed by atoms with Crippen LogP contribution in [0.3, 0.4) is 0 Å². The molecule has 5 heteroatoms. The molecular formula is C18H23BrN2O2. The van der Waals surface area contributed by atoms with E-state index in [0.717, 1.165) is 10.0 Å². The van der Waals surface area contributed by atoms with Gasteiger partial charge in [0.2, 0.25) is 0 Å². The zero-order chi connectivity index (χ0) is 17.1. The van der Waals surface area contributed by atoms with E-state index in [-0.39, 0.29) is 6.09 Å². The fraction of sp³-hybridized carbons (Fsp3) is 0.556. The summed E-state index contributed by atoms with van der Waals surface area (Å²) in [6.07, 6.45) is 1.78. The predicted molar refractivity (Wildman–Crippen MR) is 92.9 cm³/mol. The quantitative estimate of drug-likeness (QED) is 0.759. The lowest BCUT2D eigenvalue weighted by molar-refractivity contribution is 0.0148. The Hall–Kier alpha value is -1.54. The molecule has 1 saturated heterocycles. The number of halogens is 1. The van der Waals surface area contributed by atoms with Crippen LogP contribution in [0.5, 0.6) is 0 Å². The Labute approximate surface area is 146 Å². The summed E-state index contributed by atoms with van der Waals surface area (Å²) in [5, 5.41) is 9.69. The summed E-state index contributed by atoms with van der Waals surface area (Å²) in [4.78, 5) is 13.8. The number of benzene rings is 1. The molecule has 23 heavy (non-hydrogen) atoms. The summed E-state index contributed by atoms with van der Waals surface area (Å²) in [5.74, 6) is 0. The largest absolute Gasteiger partial charge is 0.444 e. The Bertz CT molecular complexity index is 608. The van der Waals surface area contributed by atoms with E-state index in [4.69, 9.17) is 4.74 Å². The van der Waals surface area contributed by atoms with Gasteiger partial charge in [0, 0.05) is 17.6 Å². The minimum Gasteiger partial charge on any atom is -0.444 e. The maximum absolute atomic E-state index is 12.1. The number of rotatable bonds is 2. The maximum Gasteiger partial charge on any atom is 0.410 e. The summed E-state index contributed by atoms with van der Waals surface area (Å²) in [7, 11) is 0. The third kappa shape index (κ3) is 4.97. The van der Waals surface area contributed by atoms with Gasteiger partial charge in [-0.15, -0.1) is 0 Å². The van der Waals surface area contributed by atoms with Gasteiger partial charge >= 0.3 is 6.09 Å². The van der Waals surface area contributed by atoms with Gasteiger partial charge in [0.05, 0.1) is 11.5 Å². The van der Waals surface area contributed by atoms with Gasteiger partial charge in [0.15, 0.2) is 0 Å². The Kier molecular flexibility index (Phi) is 5.36. The molecule has 0 unspecified atom stereocenters. The van der Waals surface area contributed by atoms with Gasteiger partial charge in [-0.3, -0.25) is 0 Å². The van der Waals surface area contributed by atoms with E-state index in [2.05, 4.69) is 28.1 Å². The van der Waals surface area contributed by atoms with Crippen molar-refractivity contribution >= 4 is 22.0 Å². The Balaban J connectivity index is 2.00. The summed E-state index contributed by atoms with van der Waals surface area (Å²) in [5.41, 5.74) is 0.253. The van der Waals surface area contributed by atoms with E-state index in [9.17, 15) is 10.1 Å². The number of ether oxygens (including phenoxy) is 1. The maximum atomic E-state index is 12.1. The second kappa shape index (κ2) is 6.92. The molecule has 1 heterocycles. The lowest BCUT2D eigenvalue weighted by atomic mass is 9.75. The predicted octanol–water partition coefficient (Wildman–Crippen LogP) is 4.53. The summed E-state index contributed by atoms with van der Waals surface area (Å²) < 4.78 is 6.43. The van der Waals surface area contributed by atoms with E-state index < -0.39 is 11.0 Å². The average molecular weight is 379 g/mol. The number of nitriles is 1. The van der Waals surface area contributed by atoms with E-state index >= 15 is 0 Å². The summed E-state index contributed by atoms with van der Waals surface area (Å²) in [6, 6.07) is 10.6. The van der Waals surface area contributed by atoms with Crippen molar-refractivity contribution in [2.24, 2.45) is 5.41 Å². The number of likely N-dealkylation sites (tertiary alicyclic amines) is 1. The molecular weight excluding hydrogens is 356 g/mol. The van der Waals surface area contributed by atoms with Gasteiger partial charge in [-0.1, -0.05) is 28.1 Å². The molecule has 1 aromatic rings. The second-order valence-corrected chi connectivity index (χ2v) is 8.08. The molecule has 0 aliphatic carbocycles. The van der Waals surface area contributed by atoms with Crippen LogP contribution in [0.15, 0.2) is 28.7 Å². The van der Waals surface area contributed by atoms with Crippen molar-refractivity contribution in [2.75, 3.05) is 13.1 Å². The first-order valence-corrected chi connectivity index (χ1v) is 8.66. The monoisotopic (exact) mass is 378 g/mol. The van der Waals surface area contributed by atoms with Gasteiger partial charge in [-0.2, -0.15) is 5.26 Å². The van der Waals surface area contributed by atoms with E-state index in [1.165, 1.54) is 0 Å². The number of carbonyl (C=O) groups excluding carboxylic acids is 1. The standard InChI is InChI=1S/C18H23BrN2O2/c1-17(2,3)23-16(22)21-9-7-18(13-20,8-10-21)12-14-5-4-6-15(19)11-14/h4-6,11H,7-10,12H2,1-3H3. The topological polar surface area (TPSA) is 53.3 Å². The van der Waals surface area contributed by atoms with Crippen LogP contribution in [-0.2, 0) is 11.2 Å². The fourth-order valence-electron chi connectivity index (χ4n) is 2.81. The van der Waals surface area contributed by atoms with Gasteiger partial charge in [0.1, 0.15) is 5.60 Å². The van der Waals surface area contributed by atoms with Crippen molar-refractivity contribution in [1.82, 2.24) is 4.90 Å². The highest BCUT2D eigenvalue weighted by atomic mass is 79.9. The van der Waals surface area contributed by atoms with Gasteiger partial charge in [-0.25, -0.2) is 4.79 Å². The zero-order valence-electron chi connectivity index (χ0n) is 13.9. The number of nitrogens with zero attached hydrogens (tertiary/aromatic N) is 2. The molecule has 1 aromatic carbocycles. The minimum atomic E-state index is -0.489. The Morgan fingerprint density at radius 2 is 2.04 bits per heavy atom. The number of piperidine rings is 1. The first-order valence-electron chi connectivity index (χ1n) is 7.87. The van der Waals surface area contributed by atoms with E-state index in [1.807, 2.05) is 39.0 Å². The molecule has 1 fully saturated rings. The molecule has 0 bridgehead atoms. The molecule has 4 nitrogen and oxygen atoms in total. The average Bonchev–Trinajstić information content (AvgIpc) is 2.46. The lowest BCUT2D eigenvalue weighted by Crippen LogP contribution is -2.45. The highest BCUT2D eigenvalue weighted by Gasteiger charge is 2.37. The number of hydrogen-bond acceptors (Lipinski definition) is 3. The van der Waals surface area contributed by atoms with Crippen LogP contribution in [-0.4, -0.2) is 29.7 Å². The summed E-state index contributed by atoms with van der Waals surface area (Å²) in [6.45, 7) is 6.72. The summed E-state index contributed by atoms with van der Waals surface area (Å²) >= 11 is 3.47. The number of hydrogen-bond donors (Lipinski definition) is 0. The van der Waals surface area contributed by atoms with Crippen LogP contribution in [0, 0.1) is 16.7 Å². The normalized spacial score (nSPS) is 17.4. The molecule has 2 rings (SSSR count). The Morgan fingerprint density at radius 1 is 1.39 bits per heavy atom. The molecule has 1 aliphatic heterocycles.